The summed E-state index contributed by atoms with van der Waals surface area (Å²) in [6.07, 6.45) is -0.308. The minimum Gasteiger partial charge on any atom is -0.464 e. The molecule has 320 valence electrons. The number of amides is 2. The lowest BCUT2D eigenvalue weighted by Gasteiger charge is -2.29. The summed E-state index contributed by atoms with van der Waals surface area (Å²) >= 11 is 1.69. The van der Waals surface area contributed by atoms with Crippen LogP contribution in [0.3, 0.4) is 0 Å². The number of nitrogens with one attached hydrogen (secondary N) is 2. The van der Waals surface area contributed by atoms with Crippen LogP contribution in [0, 0.1) is 0 Å². The number of hydrogen-bond acceptors (Lipinski definition) is 8. The number of nitrogens with zero attached hydrogens (tertiary/aromatic N) is 5. The van der Waals surface area contributed by atoms with Crippen LogP contribution in [0.15, 0.2) is 85.2 Å². The molecule has 7 aromatic rings. The van der Waals surface area contributed by atoms with Crippen LogP contribution in [0.4, 0.5) is 18.4 Å². The zero-order chi connectivity index (χ0) is 43.2. The van der Waals surface area contributed by atoms with Gasteiger partial charge in [0.25, 0.3) is 0 Å². The predicted octanol–water partition coefficient (Wildman–Crippen LogP) is 11.3. The number of thiophene rings is 1. The van der Waals surface area contributed by atoms with Crippen molar-refractivity contribution in [1.29, 1.82) is 0 Å². The van der Waals surface area contributed by atoms with E-state index in [2.05, 4.69) is 60.9 Å². The van der Waals surface area contributed by atoms with E-state index in [-0.39, 0.29) is 25.9 Å². The number of ether oxygens (including phenoxy) is 3. The Morgan fingerprint density at radius 3 is 1.92 bits per heavy atom. The summed E-state index contributed by atoms with van der Waals surface area (Å²) < 4.78 is 51.1. The first kappa shape index (κ1) is 39.9. The van der Waals surface area contributed by atoms with Crippen LogP contribution in [0.1, 0.15) is 89.2 Å². The van der Waals surface area contributed by atoms with Crippen LogP contribution >= 0.6 is 11.3 Å². The van der Waals surface area contributed by atoms with Gasteiger partial charge in [0.05, 0.1) is 65.0 Å². The Labute approximate surface area is 360 Å². The Hall–Kier alpha value is -6.22. The lowest BCUT2D eigenvalue weighted by atomic mass is 10.0. The van der Waals surface area contributed by atoms with Gasteiger partial charge in [-0.15, -0.1) is 11.3 Å². The number of alkyl halides is 2. The normalized spacial score (nSPS) is 21.3. The largest absolute Gasteiger partial charge is 0.464 e. The first-order chi connectivity index (χ1) is 29.5. The summed E-state index contributed by atoms with van der Waals surface area (Å²) in [6, 6.07) is 23.7. The fourth-order valence-electron chi connectivity index (χ4n) is 8.78. The summed E-state index contributed by atoms with van der Waals surface area (Å²) in [5, 5.41) is 2.11. The maximum absolute atomic E-state index is 14.8. The average Bonchev–Trinajstić information content (AvgIpc) is 4.07. The average molecular weight is 860 g/mol. The van der Waals surface area contributed by atoms with E-state index in [1.165, 1.54) is 9.80 Å². The molecule has 10 rings (SSSR count). The topological polar surface area (TPSA) is 131 Å². The number of rotatable bonds is 5. The van der Waals surface area contributed by atoms with Gasteiger partial charge in [0.15, 0.2) is 0 Å². The molecular weight excluding hydrogens is 813 g/mol. The van der Waals surface area contributed by atoms with Gasteiger partial charge >= 0.3 is 12.2 Å². The van der Waals surface area contributed by atoms with E-state index in [0.29, 0.717) is 23.1 Å². The van der Waals surface area contributed by atoms with Crippen LogP contribution in [0.2, 0.25) is 0 Å². The second-order valence-corrected chi connectivity index (χ2v) is 19.5. The number of carbonyl (C=O) groups excluding carboxylic acids is 2. The Kier molecular flexibility index (Phi) is 9.46. The summed E-state index contributed by atoms with van der Waals surface area (Å²) in [5.41, 5.74) is 4.59. The molecule has 0 spiro atoms. The fourth-order valence-corrected chi connectivity index (χ4v) is 9.87. The number of H-pyrrole nitrogens is 2. The maximum atomic E-state index is 14.8. The molecule has 3 aromatic carbocycles. The van der Waals surface area contributed by atoms with Gasteiger partial charge < -0.3 is 24.2 Å². The molecular formula is C47H47F2N7O5S. The zero-order valence-corrected chi connectivity index (χ0v) is 36.1. The van der Waals surface area contributed by atoms with Gasteiger partial charge in [-0.25, -0.2) is 28.3 Å². The Morgan fingerprint density at radius 2 is 1.32 bits per heavy atom. The molecule has 1 unspecified atom stereocenters. The third-order valence-electron chi connectivity index (χ3n) is 11.5. The van der Waals surface area contributed by atoms with Crippen LogP contribution in [-0.2, 0) is 9.47 Å². The molecule has 2 fully saturated rings. The highest BCUT2D eigenvalue weighted by Gasteiger charge is 2.42. The summed E-state index contributed by atoms with van der Waals surface area (Å²) in [6.45, 7) is 10.6. The van der Waals surface area contributed by atoms with E-state index in [4.69, 9.17) is 14.2 Å². The smallest absolute Gasteiger partial charge is 0.411 e. The number of likely N-dealkylation sites (tertiary alicyclic amines) is 2. The molecule has 3 aliphatic rings. The Bertz CT molecular complexity index is 2830. The van der Waals surface area contributed by atoms with Crippen molar-refractivity contribution in [3.05, 3.63) is 102 Å². The van der Waals surface area contributed by atoms with E-state index in [0.717, 1.165) is 53.9 Å². The number of aromatic nitrogens is 5. The molecule has 12 nitrogen and oxygen atoms in total. The molecule has 3 aliphatic heterocycles. The van der Waals surface area contributed by atoms with Crippen LogP contribution in [0.5, 0.6) is 5.75 Å². The monoisotopic (exact) mass is 859 g/mol. The zero-order valence-electron chi connectivity index (χ0n) is 35.2. The molecule has 2 saturated heterocycles. The van der Waals surface area contributed by atoms with Gasteiger partial charge in [-0.1, -0.05) is 30.3 Å². The van der Waals surface area contributed by atoms with E-state index >= 15 is 0 Å². The van der Waals surface area contributed by atoms with E-state index in [9.17, 15) is 18.4 Å². The van der Waals surface area contributed by atoms with E-state index in [1.54, 1.807) is 65.3 Å². The highest BCUT2D eigenvalue weighted by molar-refractivity contribution is 7.19. The molecule has 2 N–H and O–H groups in total. The fraction of sp³-hybridized carbons (Fsp3) is 0.362. The maximum Gasteiger partial charge on any atom is 0.411 e. The molecule has 62 heavy (non-hydrogen) atoms. The van der Waals surface area contributed by atoms with E-state index in [1.807, 2.05) is 36.4 Å². The number of imidazole rings is 2. The van der Waals surface area contributed by atoms with Gasteiger partial charge in [-0.2, -0.15) is 0 Å². The van der Waals surface area contributed by atoms with Gasteiger partial charge in [0.2, 0.25) is 6.23 Å². The van der Waals surface area contributed by atoms with Gasteiger partial charge in [0, 0.05) is 39.6 Å². The summed E-state index contributed by atoms with van der Waals surface area (Å²) in [4.78, 5) is 46.0. The first-order valence-electron chi connectivity index (χ1n) is 20.9. The Morgan fingerprint density at radius 1 is 0.742 bits per heavy atom. The van der Waals surface area contributed by atoms with Crippen molar-refractivity contribution in [2.24, 2.45) is 0 Å². The number of aromatic amines is 2. The number of hydrogen-bond donors (Lipinski definition) is 2. The van der Waals surface area contributed by atoms with Crippen molar-refractivity contribution in [3.63, 3.8) is 0 Å². The van der Waals surface area contributed by atoms with Crippen LogP contribution in [0.25, 0.3) is 54.8 Å². The lowest BCUT2D eigenvalue weighted by molar-refractivity contribution is 0.0201. The molecule has 5 atom stereocenters. The highest BCUT2D eigenvalue weighted by atomic mass is 32.1. The molecule has 15 heteroatoms. The van der Waals surface area contributed by atoms with Crippen molar-refractivity contribution in [3.8, 4) is 39.5 Å². The van der Waals surface area contributed by atoms with Crippen molar-refractivity contribution in [2.45, 2.75) is 96.2 Å². The lowest BCUT2D eigenvalue weighted by Crippen LogP contribution is -2.37. The standard InChI is InChI=1S/C47H47F2N7O5S/c1-46(2,3)60-44(57)54-23-29(48)19-36(54)41-50-21-32(52-41)25-12-14-34-28(15-25)16-35-31-13-11-26(17-38(31)59-43(56(34)35)40-18-27-9-7-8-10-39(27)62-40)33-22-51-42(53-33)37-20-30(49)24-55(37)45(58)61-47(4,5)6/h7-18,21-22,29-30,36-37,43H,19-20,23-24H2,1-6H3,(H,50,52)(H,51,53)/t29-,30-,36+,37+,43?/m1/s1. The van der Waals surface area contributed by atoms with Crippen molar-refractivity contribution >= 4 is 44.5 Å². The molecule has 0 aliphatic carbocycles. The number of benzene rings is 3. The molecule has 2 amide bonds. The highest BCUT2D eigenvalue weighted by Crippen LogP contribution is 2.48. The van der Waals surface area contributed by atoms with Gasteiger partial charge in [-0.05, 0) is 89.4 Å². The molecule has 7 heterocycles. The minimum atomic E-state index is -1.19. The molecule has 4 aromatic heterocycles. The third kappa shape index (κ3) is 7.35. The van der Waals surface area contributed by atoms with Crippen molar-refractivity contribution < 1.29 is 32.6 Å². The predicted molar refractivity (Wildman–Crippen MR) is 234 cm³/mol. The van der Waals surface area contributed by atoms with E-state index < -0.39 is 54.0 Å². The first-order valence-corrected chi connectivity index (χ1v) is 21.7. The van der Waals surface area contributed by atoms with Crippen molar-refractivity contribution in [2.75, 3.05) is 13.1 Å². The number of halogens is 2. The molecule has 0 saturated carbocycles. The molecule has 0 bridgehead atoms. The van der Waals surface area contributed by atoms with Crippen molar-refractivity contribution in [1.82, 2.24) is 34.3 Å². The van der Waals surface area contributed by atoms with Gasteiger partial charge in [0.1, 0.15) is 40.9 Å². The SMILES string of the molecule is CC(C)(C)OC(=O)N1C[C@H](F)C[C@H]1c1ncc(-c2ccc3c(c2)OC(c2cc4ccccc4s2)n2c-3cc3cc(-c4cnc([C@@H]5C[C@@H](F)CN5C(=O)OC(C)(C)C)[nH]4)ccc32)[nH]1. The van der Waals surface area contributed by atoms with Gasteiger partial charge in [-0.3, -0.25) is 14.4 Å². The Balaban J connectivity index is 0.994. The van der Waals surface area contributed by atoms with Crippen LogP contribution in [-0.4, -0.2) is 83.1 Å². The number of carbonyl (C=O) groups is 2. The number of fused-ring (bicyclic) bond motifs is 6. The quantitative estimate of drug-likeness (QED) is 0.176. The second-order valence-electron chi connectivity index (χ2n) is 18.4. The second kappa shape index (κ2) is 14.7. The van der Waals surface area contributed by atoms with Crippen LogP contribution < -0.4 is 4.74 Å². The summed E-state index contributed by atoms with van der Waals surface area (Å²) in [5.74, 6) is 1.68. The molecule has 0 radical (unpaired) electrons. The minimum absolute atomic E-state index is 0.0529. The third-order valence-corrected chi connectivity index (χ3v) is 12.6. The summed E-state index contributed by atoms with van der Waals surface area (Å²) in [7, 11) is 0.